The number of carbonyl (C=O) groups excluding carboxylic acids is 3. The third-order valence-corrected chi connectivity index (χ3v) is 15.6. The molecule has 4 aliphatic rings. The van der Waals surface area contributed by atoms with Crippen LogP contribution in [0.25, 0.3) is 0 Å². The lowest BCUT2D eigenvalue weighted by molar-refractivity contribution is -0.151. The molecule has 13 heteroatoms. The van der Waals surface area contributed by atoms with E-state index in [1.807, 2.05) is 105 Å². The van der Waals surface area contributed by atoms with Crippen LogP contribution in [0.2, 0.25) is 18.6 Å². The topological polar surface area (TPSA) is 132 Å². The number of unbranched alkanes of at least 4 members (excludes halogenated alkanes) is 1. The van der Waals surface area contributed by atoms with Gasteiger partial charge in [0.1, 0.15) is 5.75 Å². The maximum Gasteiger partial charge on any atom is 0.264 e. The van der Waals surface area contributed by atoms with E-state index in [4.69, 9.17) is 9.47 Å². The van der Waals surface area contributed by atoms with E-state index in [-0.39, 0.29) is 43.9 Å². The van der Waals surface area contributed by atoms with Crippen molar-refractivity contribution in [1.29, 1.82) is 0 Å². The van der Waals surface area contributed by atoms with Crippen molar-refractivity contribution in [3.8, 4) is 5.75 Å². The Bertz CT molecular complexity index is 2270. The maximum absolute atomic E-state index is 17.0. The van der Waals surface area contributed by atoms with Crippen molar-refractivity contribution in [2.75, 3.05) is 36.2 Å². The van der Waals surface area contributed by atoms with E-state index in [0.717, 1.165) is 22.3 Å². The van der Waals surface area contributed by atoms with Crippen molar-refractivity contribution in [2.45, 2.75) is 101 Å². The summed E-state index contributed by atoms with van der Waals surface area (Å²) in [6.07, 6.45) is 1.18. The normalized spacial score (nSPS) is 24.6. The van der Waals surface area contributed by atoms with Crippen molar-refractivity contribution < 1.29 is 38.2 Å². The number of hydrogen-bond acceptors (Lipinski definition) is 8. The van der Waals surface area contributed by atoms with Gasteiger partial charge >= 0.3 is 0 Å². The van der Waals surface area contributed by atoms with Crippen LogP contribution in [0.5, 0.6) is 5.75 Å². The molecule has 322 valence electrons. The van der Waals surface area contributed by atoms with Gasteiger partial charge in [-0.3, -0.25) is 19.3 Å². The molecule has 4 heterocycles. The van der Waals surface area contributed by atoms with Crippen LogP contribution in [0.3, 0.4) is 0 Å². The first-order valence-corrected chi connectivity index (χ1v) is 24.6. The lowest BCUT2D eigenvalue weighted by atomic mass is 9.82. The Hall–Kier alpha value is -4.92. The smallest absolute Gasteiger partial charge is 0.264 e. The number of fused-ring (bicyclic) bond motifs is 4. The predicted molar refractivity (Wildman–Crippen MR) is 235 cm³/mol. The molecule has 61 heavy (non-hydrogen) atoms. The van der Waals surface area contributed by atoms with Crippen LogP contribution in [0.15, 0.2) is 91.0 Å². The summed E-state index contributed by atoms with van der Waals surface area (Å²) >= 11 is 0. The highest BCUT2D eigenvalue weighted by molar-refractivity contribution is 6.72. The van der Waals surface area contributed by atoms with Crippen molar-refractivity contribution in [3.05, 3.63) is 119 Å². The number of nitrogens with zero attached hydrogens (tertiary/aromatic N) is 3. The fraction of sp³-hybridized carbons (Fsp3) is 0.438. The summed E-state index contributed by atoms with van der Waals surface area (Å²) in [5.41, 5.74) is 3.89. The molecule has 3 amide bonds. The average molecular weight is 849 g/mol. The van der Waals surface area contributed by atoms with Crippen molar-refractivity contribution >= 4 is 43.2 Å². The van der Waals surface area contributed by atoms with Crippen LogP contribution >= 0.6 is 0 Å². The number of ether oxygens (including phenoxy) is 2. The Morgan fingerprint density at radius 3 is 2.39 bits per heavy atom. The molecule has 0 aromatic heterocycles. The largest absolute Gasteiger partial charge is 0.494 e. The first kappa shape index (κ1) is 42.8. The van der Waals surface area contributed by atoms with E-state index in [2.05, 4.69) is 5.32 Å². The lowest BCUT2D eigenvalue weighted by Gasteiger charge is -2.37. The summed E-state index contributed by atoms with van der Waals surface area (Å²) in [6, 6.07) is 27.8. The molecule has 3 N–H and O–H groups in total. The van der Waals surface area contributed by atoms with E-state index in [1.165, 1.54) is 0 Å². The molecule has 8 rings (SSSR count). The minimum absolute atomic E-state index is 0.0677. The van der Waals surface area contributed by atoms with Crippen LogP contribution in [0.1, 0.15) is 60.9 Å². The summed E-state index contributed by atoms with van der Waals surface area (Å²) in [7, 11) is -3.65. The average Bonchev–Trinajstić information content (AvgIpc) is 3.67. The first-order chi connectivity index (χ1) is 29.4. The van der Waals surface area contributed by atoms with E-state index < -0.39 is 43.7 Å². The van der Waals surface area contributed by atoms with Gasteiger partial charge in [-0.25, -0.2) is 0 Å². The van der Waals surface area contributed by atoms with Crippen LogP contribution in [-0.4, -0.2) is 85.8 Å². The van der Waals surface area contributed by atoms with E-state index in [1.54, 1.807) is 27.8 Å². The zero-order valence-electron chi connectivity index (χ0n) is 35.5. The van der Waals surface area contributed by atoms with Gasteiger partial charge in [-0.05, 0) is 111 Å². The zero-order chi connectivity index (χ0) is 43.1. The summed E-state index contributed by atoms with van der Waals surface area (Å²) in [4.78, 5) is 49.5. The molecule has 1 spiro atoms. The molecular weight excluding hydrogens is 792 g/mol. The molecule has 1 saturated heterocycles. The summed E-state index contributed by atoms with van der Waals surface area (Å²) in [5.74, 6) is -0.730. The Labute approximate surface area is 358 Å². The van der Waals surface area contributed by atoms with Crippen LogP contribution in [0.4, 0.5) is 21.2 Å². The quantitative estimate of drug-likeness (QED) is 0.0727. The first-order valence-electron chi connectivity index (χ1n) is 21.7. The van der Waals surface area contributed by atoms with Gasteiger partial charge in [-0.15, -0.1) is 0 Å². The van der Waals surface area contributed by atoms with E-state index >= 15 is 8.90 Å². The van der Waals surface area contributed by atoms with Gasteiger partial charge in [0.05, 0.1) is 55.7 Å². The molecule has 1 fully saturated rings. The second-order valence-corrected chi connectivity index (χ2v) is 21.2. The number of amides is 3. The molecule has 6 atom stereocenters. The number of halogens is 1. The van der Waals surface area contributed by atoms with Crippen molar-refractivity contribution in [2.24, 2.45) is 5.92 Å². The fourth-order valence-electron chi connectivity index (χ4n) is 10.3. The minimum atomic E-state index is -3.65. The number of anilines is 3. The molecular formula is C48H57FN4O7Si. The lowest BCUT2D eigenvalue weighted by Crippen LogP contribution is -2.49. The van der Waals surface area contributed by atoms with Gasteiger partial charge in [0.15, 0.2) is 5.60 Å². The number of benzene rings is 4. The SMILES string of the molecule is CCOc1ccc2c(c1)CC(NCCCCO)C(=O)N2c1ccc2c(c1)[C@@]1(O[C@H](CC(=O)N3Cc4ccccc4C[C@H]3CO)[C@@H]([Si](C)(C)F)[C@@H]1C)C(=O)N2Cc1ccccc1. The van der Waals surface area contributed by atoms with E-state index in [0.29, 0.717) is 73.8 Å². The Morgan fingerprint density at radius 2 is 1.67 bits per heavy atom. The highest BCUT2D eigenvalue weighted by Crippen LogP contribution is 2.61. The monoisotopic (exact) mass is 848 g/mol. The van der Waals surface area contributed by atoms with Crippen LogP contribution in [0, 0.1) is 5.92 Å². The van der Waals surface area contributed by atoms with Crippen LogP contribution < -0.4 is 19.9 Å². The third-order valence-electron chi connectivity index (χ3n) is 13.2. The fourth-order valence-corrected chi connectivity index (χ4v) is 12.8. The molecule has 4 aromatic carbocycles. The molecule has 0 aliphatic carbocycles. The molecule has 4 aromatic rings. The predicted octanol–water partition coefficient (Wildman–Crippen LogP) is 6.69. The Kier molecular flexibility index (Phi) is 12.2. The minimum Gasteiger partial charge on any atom is -0.494 e. The van der Waals surface area contributed by atoms with Gasteiger partial charge in [0.25, 0.3) is 5.91 Å². The Balaban J connectivity index is 1.21. The highest BCUT2D eigenvalue weighted by Gasteiger charge is 2.67. The second-order valence-electron chi connectivity index (χ2n) is 17.4. The molecule has 0 bridgehead atoms. The number of nitrogens with one attached hydrogen (secondary N) is 1. The molecule has 0 saturated carbocycles. The molecule has 4 aliphatic heterocycles. The van der Waals surface area contributed by atoms with E-state index in [9.17, 15) is 19.8 Å². The van der Waals surface area contributed by atoms with Crippen LogP contribution in [-0.2, 0) is 50.7 Å². The summed E-state index contributed by atoms with van der Waals surface area (Å²) < 4.78 is 29.9. The van der Waals surface area contributed by atoms with Gasteiger partial charge in [0.2, 0.25) is 20.2 Å². The number of carbonyl (C=O) groups is 3. The highest BCUT2D eigenvalue weighted by atomic mass is 28.4. The van der Waals surface area contributed by atoms with Gasteiger partial charge in [-0.1, -0.05) is 61.5 Å². The second kappa shape index (κ2) is 17.4. The Morgan fingerprint density at radius 1 is 0.934 bits per heavy atom. The number of hydrogen-bond donors (Lipinski definition) is 3. The maximum atomic E-state index is 17.0. The summed E-state index contributed by atoms with van der Waals surface area (Å²) in [6.45, 7) is 8.48. The number of rotatable bonds is 14. The van der Waals surface area contributed by atoms with Crippen molar-refractivity contribution in [1.82, 2.24) is 10.2 Å². The third kappa shape index (κ3) is 7.91. The van der Waals surface area contributed by atoms with Crippen molar-refractivity contribution in [3.63, 3.8) is 0 Å². The number of aliphatic hydroxyl groups is 2. The van der Waals surface area contributed by atoms with Gasteiger partial charge in [-0.2, -0.15) is 0 Å². The molecule has 1 unspecified atom stereocenters. The van der Waals surface area contributed by atoms with Gasteiger partial charge in [0, 0.05) is 35.9 Å². The molecule has 11 nitrogen and oxygen atoms in total. The standard InChI is InChI=1S/C48H57FN4O7Si/c1-5-59-38-18-20-41-35(24-38)25-40(50-21-11-12-22-54)46(57)53(41)36-17-19-42-39(26-36)48(47(58)52(42)28-32-13-7-6-8-14-32)31(2)45(61(3,4)49)43(60-48)27-44(56)51-29-34-16-10-9-15-33(34)23-37(51)30-55/h6-10,13-20,24,26,31,37,40,43,45,50,54-55H,5,11-12,21-23,25,27-30H2,1-4H3/t31-,37-,40?,43+,45-,48+/m0/s1. The summed E-state index contributed by atoms with van der Waals surface area (Å²) in [5, 5.41) is 23.2. The number of aliphatic hydroxyl groups excluding tert-OH is 2. The molecule has 0 radical (unpaired) electrons. The zero-order valence-corrected chi connectivity index (χ0v) is 36.5. The van der Waals surface area contributed by atoms with Gasteiger partial charge < -0.3 is 38.9 Å².